The number of hydrogen-bond acceptors (Lipinski definition) is 5. The zero-order valence-electron chi connectivity index (χ0n) is 10.6. The molecule has 1 aliphatic rings. The molecule has 1 aromatic rings. The summed E-state index contributed by atoms with van der Waals surface area (Å²) in [4.78, 5) is 13.9. The molecule has 6 nitrogen and oxygen atoms in total. The molecule has 0 bridgehead atoms. The number of oxime groups is 1. The summed E-state index contributed by atoms with van der Waals surface area (Å²) in [6, 6.07) is 3.90. The molecule has 0 radical (unpaired) electrons. The van der Waals surface area contributed by atoms with Crippen molar-refractivity contribution in [3.63, 3.8) is 0 Å². The molecular formula is C13H16N2O4. The van der Waals surface area contributed by atoms with E-state index in [0.717, 1.165) is 6.07 Å². The van der Waals surface area contributed by atoms with Crippen molar-refractivity contribution in [2.45, 2.75) is 13.3 Å². The van der Waals surface area contributed by atoms with Gasteiger partial charge in [0.25, 0.3) is 5.91 Å². The number of amides is 1. The number of likely N-dealkylation sites (tertiary alicyclic amines) is 1. The number of rotatable bonds is 1. The Morgan fingerprint density at radius 3 is 2.74 bits per heavy atom. The van der Waals surface area contributed by atoms with Gasteiger partial charge in [-0.25, -0.2) is 0 Å². The molecule has 0 aromatic heterocycles. The fraction of sp³-hybridized carbons (Fsp3) is 0.385. The lowest BCUT2D eigenvalue weighted by molar-refractivity contribution is 0.0731. The Morgan fingerprint density at radius 2 is 2.16 bits per heavy atom. The Balaban J connectivity index is 2.17. The van der Waals surface area contributed by atoms with Crippen molar-refractivity contribution in [3.05, 3.63) is 23.8 Å². The second kappa shape index (κ2) is 5.17. The van der Waals surface area contributed by atoms with Crippen LogP contribution >= 0.6 is 0 Å². The number of carbonyl (C=O) groups is 1. The molecule has 0 spiro atoms. The molecule has 1 fully saturated rings. The highest BCUT2D eigenvalue weighted by Crippen LogP contribution is 2.25. The van der Waals surface area contributed by atoms with E-state index >= 15 is 0 Å². The van der Waals surface area contributed by atoms with E-state index in [4.69, 9.17) is 5.21 Å². The van der Waals surface area contributed by atoms with Crippen molar-refractivity contribution in [1.29, 1.82) is 0 Å². The van der Waals surface area contributed by atoms with E-state index in [0.29, 0.717) is 25.2 Å². The van der Waals surface area contributed by atoms with Crippen LogP contribution in [0.25, 0.3) is 0 Å². The maximum atomic E-state index is 12.3. The highest BCUT2D eigenvalue weighted by molar-refractivity contribution is 5.98. The second-order valence-corrected chi connectivity index (χ2v) is 4.70. The highest BCUT2D eigenvalue weighted by Gasteiger charge is 2.27. The van der Waals surface area contributed by atoms with Crippen molar-refractivity contribution < 1.29 is 20.2 Å². The molecule has 1 aliphatic heterocycles. The molecular weight excluding hydrogens is 248 g/mol. The summed E-state index contributed by atoms with van der Waals surface area (Å²) >= 11 is 0. The zero-order chi connectivity index (χ0) is 14.0. The monoisotopic (exact) mass is 264 g/mol. The third kappa shape index (κ3) is 2.62. The minimum atomic E-state index is -0.290. The average Bonchev–Trinajstić information content (AvgIpc) is 2.38. The van der Waals surface area contributed by atoms with Crippen LogP contribution in [0, 0.1) is 5.92 Å². The topological polar surface area (TPSA) is 93.4 Å². The van der Waals surface area contributed by atoms with E-state index in [-0.39, 0.29) is 28.9 Å². The summed E-state index contributed by atoms with van der Waals surface area (Å²) in [6.45, 7) is 2.77. The number of benzene rings is 1. The van der Waals surface area contributed by atoms with Gasteiger partial charge in [-0.3, -0.25) is 4.79 Å². The summed E-state index contributed by atoms with van der Waals surface area (Å²) in [5.41, 5.74) is 0.841. The van der Waals surface area contributed by atoms with Crippen LogP contribution in [0.1, 0.15) is 23.7 Å². The lowest BCUT2D eigenvalue weighted by atomic mass is 9.97. The van der Waals surface area contributed by atoms with Crippen molar-refractivity contribution in [1.82, 2.24) is 4.90 Å². The second-order valence-electron chi connectivity index (χ2n) is 4.70. The Kier molecular flexibility index (Phi) is 3.59. The molecule has 1 unspecified atom stereocenters. The molecule has 19 heavy (non-hydrogen) atoms. The van der Waals surface area contributed by atoms with Crippen LogP contribution in [-0.4, -0.2) is 45.0 Å². The minimum absolute atomic E-state index is 0.0121. The number of phenolic OH excluding ortho intramolecular Hbond substituents is 2. The standard InChI is InChI=1S/C13H16N2O4/c1-8-7-15(5-4-11(8)14-19)13(18)10-3-2-9(16)6-12(10)17/h2-3,6,8,16-17,19H,4-5,7H2,1H3/b14-11+. The fourth-order valence-corrected chi connectivity index (χ4v) is 2.23. The first kappa shape index (κ1) is 13.2. The first-order chi connectivity index (χ1) is 9.02. The first-order valence-electron chi connectivity index (χ1n) is 6.05. The summed E-state index contributed by atoms with van der Waals surface area (Å²) in [6.07, 6.45) is 0.516. The van der Waals surface area contributed by atoms with Gasteiger partial charge in [-0.1, -0.05) is 12.1 Å². The summed E-state index contributed by atoms with van der Waals surface area (Å²) in [7, 11) is 0. The molecule has 102 valence electrons. The number of hydrogen-bond donors (Lipinski definition) is 3. The van der Waals surface area contributed by atoms with Crippen LogP contribution in [0.3, 0.4) is 0 Å². The third-order valence-electron chi connectivity index (χ3n) is 3.33. The molecule has 1 aromatic carbocycles. The van der Waals surface area contributed by atoms with Gasteiger partial charge in [0.05, 0.1) is 11.3 Å². The van der Waals surface area contributed by atoms with Gasteiger partial charge in [0, 0.05) is 31.5 Å². The number of nitrogens with zero attached hydrogens (tertiary/aromatic N) is 2. The van der Waals surface area contributed by atoms with E-state index < -0.39 is 0 Å². The third-order valence-corrected chi connectivity index (χ3v) is 3.33. The van der Waals surface area contributed by atoms with E-state index in [2.05, 4.69) is 5.16 Å². The molecule has 2 rings (SSSR count). The molecule has 1 amide bonds. The van der Waals surface area contributed by atoms with Crippen LogP contribution in [0.2, 0.25) is 0 Å². The van der Waals surface area contributed by atoms with Gasteiger partial charge in [-0.2, -0.15) is 0 Å². The van der Waals surface area contributed by atoms with E-state index in [1.807, 2.05) is 6.92 Å². The Morgan fingerprint density at radius 1 is 1.42 bits per heavy atom. The molecule has 0 saturated carbocycles. The Bertz CT molecular complexity index is 527. The molecule has 1 heterocycles. The predicted molar refractivity (Wildman–Crippen MR) is 68.7 cm³/mol. The predicted octanol–water partition coefficient (Wildman–Crippen LogP) is 1.41. The van der Waals surface area contributed by atoms with Gasteiger partial charge in [0.15, 0.2) is 0 Å². The number of aromatic hydroxyl groups is 2. The largest absolute Gasteiger partial charge is 0.508 e. The first-order valence-corrected chi connectivity index (χ1v) is 6.05. The summed E-state index contributed by atoms with van der Waals surface area (Å²) in [5, 5.41) is 30.9. The van der Waals surface area contributed by atoms with E-state index in [1.165, 1.54) is 12.1 Å². The van der Waals surface area contributed by atoms with Crippen LogP contribution in [0.4, 0.5) is 0 Å². The molecule has 1 atom stereocenters. The highest BCUT2D eigenvalue weighted by atomic mass is 16.4. The molecule has 6 heteroatoms. The van der Waals surface area contributed by atoms with Gasteiger partial charge in [0.2, 0.25) is 0 Å². The smallest absolute Gasteiger partial charge is 0.257 e. The molecule has 3 N–H and O–H groups in total. The van der Waals surface area contributed by atoms with Gasteiger partial charge >= 0.3 is 0 Å². The Labute approximate surface area is 110 Å². The van der Waals surface area contributed by atoms with Gasteiger partial charge < -0.3 is 20.3 Å². The maximum Gasteiger partial charge on any atom is 0.257 e. The average molecular weight is 264 g/mol. The van der Waals surface area contributed by atoms with Crippen molar-refractivity contribution >= 4 is 11.6 Å². The SMILES string of the molecule is CC1CN(C(=O)c2ccc(O)cc2O)CC/C1=N\O. The fourth-order valence-electron chi connectivity index (χ4n) is 2.23. The lowest BCUT2D eigenvalue weighted by Gasteiger charge is -2.31. The Hall–Kier alpha value is -2.24. The van der Waals surface area contributed by atoms with E-state index in [1.54, 1.807) is 4.90 Å². The lowest BCUT2D eigenvalue weighted by Crippen LogP contribution is -2.43. The zero-order valence-corrected chi connectivity index (χ0v) is 10.6. The number of piperidine rings is 1. The van der Waals surface area contributed by atoms with E-state index in [9.17, 15) is 15.0 Å². The molecule has 0 aliphatic carbocycles. The van der Waals surface area contributed by atoms with Crippen LogP contribution in [0.15, 0.2) is 23.4 Å². The van der Waals surface area contributed by atoms with Gasteiger partial charge in [-0.05, 0) is 12.1 Å². The number of phenols is 2. The van der Waals surface area contributed by atoms with Crippen LogP contribution in [0.5, 0.6) is 11.5 Å². The quantitative estimate of drug-likeness (QED) is 0.528. The minimum Gasteiger partial charge on any atom is -0.508 e. The van der Waals surface area contributed by atoms with Crippen molar-refractivity contribution in [2.24, 2.45) is 11.1 Å². The normalized spacial score (nSPS) is 21.6. The van der Waals surface area contributed by atoms with Crippen molar-refractivity contribution in [2.75, 3.05) is 13.1 Å². The maximum absolute atomic E-state index is 12.3. The summed E-state index contributed by atoms with van der Waals surface area (Å²) in [5.74, 6) is -0.627. The summed E-state index contributed by atoms with van der Waals surface area (Å²) < 4.78 is 0. The van der Waals surface area contributed by atoms with Crippen molar-refractivity contribution in [3.8, 4) is 11.5 Å². The van der Waals surface area contributed by atoms with Crippen LogP contribution < -0.4 is 0 Å². The molecule has 1 saturated heterocycles. The van der Waals surface area contributed by atoms with Gasteiger partial charge in [-0.15, -0.1) is 0 Å². The van der Waals surface area contributed by atoms with Crippen LogP contribution in [-0.2, 0) is 0 Å². The number of carbonyl (C=O) groups excluding carboxylic acids is 1. The van der Waals surface area contributed by atoms with Gasteiger partial charge in [0.1, 0.15) is 11.5 Å².